The zero-order valence-electron chi connectivity index (χ0n) is 8.00. The van der Waals surface area contributed by atoms with Gasteiger partial charge in [-0.25, -0.2) is 0 Å². The normalized spacial score (nSPS) is 10.3. The molecule has 0 spiro atoms. The average molecular weight is 187 g/mol. The van der Waals surface area contributed by atoms with Crippen LogP contribution in [0.1, 0.15) is 12.0 Å². The van der Waals surface area contributed by atoms with Crippen molar-refractivity contribution >= 4 is 0 Å². The Bertz CT molecular complexity index is 353. The molecule has 0 aliphatic heterocycles. The van der Waals surface area contributed by atoms with Gasteiger partial charge in [-0.05, 0) is 18.4 Å². The summed E-state index contributed by atoms with van der Waals surface area (Å²) in [5.41, 5.74) is 1.38. The van der Waals surface area contributed by atoms with E-state index in [4.69, 9.17) is 0 Å². The summed E-state index contributed by atoms with van der Waals surface area (Å²) < 4.78 is 1.86. The lowest BCUT2D eigenvalue weighted by Gasteiger charge is -2.00. The Balaban J connectivity index is 1.79. The van der Waals surface area contributed by atoms with Crippen LogP contribution >= 0.6 is 0 Å². The maximum Gasteiger partial charge on any atom is 0.0692 e. The van der Waals surface area contributed by atoms with Crippen LogP contribution in [0, 0.1) is 0 Å². The molecule has 0 N–H and O–H groups in total. The third-order valence-corrected chi connectivity index (χ3v) is 2.17. The van der Waals surface area contributed by atoms with Crippen molar-refractivity contribution in [3.8, 4) is 0 Å². The first-order valence-corrected chi connectivity index (χ1v) is 4.83. The minimum absolute atomic E-state index is 0.939. The topological polar surface area (TPSA) is 30.7 Å². The average Bonchev–Trinajstić information content (AvgIpc) is 2.72. The zero-order valence-corrected chi connectivity index (χ0v) is 8.00. The van der Waals surface area contributed by atoms with Crippen LogP contribution in [-0.2, 0) is 13.0 Å². The lowest BCUT2D eigenvalue weighted by molar-refractivity contribution is 0.559. The van der Waals surface area contributed by atoms with E-state index >= 15 is 0 Å². The number of aryl methyl sites for hydroxylation is 2. The Morgan fingerprint density at radius 3 is 2.71 bits per heavy atom. The van der Waals surface area contributed by atoms with Gasteiger partial charge >= 0.3 is 0 Å². The highest BCUT2D eigenvalue weighted by Gasteiger charge is 1.93. The number of hydrogen-bond donors (Lipinski definition) is 0. The van der Waals surface area contributed by atoms with Crippen molar-refractivity contribution in [2.24, 2.45) is 0 Å². The fourth-order valence-corrected chi connectivity index (χ4v) is 1.44. The van der Waals surface area contributed by atoms with Crippen LogP contribution in [0.25, 0.3) is 0 Å². The fraction of sp³-hybridized carbons (Fsp3) is 0.273. The van der Waals surface area contributed by atoms with Crippen molar-refractivity contribution in [3.05, 3.63) is 48.3 Å². The molecule has 1 aromatic heterocycles. The predicted octanol–water partition coefficient (Wildman–Crippen LogP) is 1.91. The van der Waals surface area contributed by atoms with E-state index in [1.54, 1.807) is 6.20 Å². The molecule has 3 nitrogen and oxygen atoms in total. The third kappa shape index (κ3) is 2.42. The van der Waals surface area contributed by atoms with E-state index in [1.807, 2.05) is 16.9 Å². The van der Waals surface area contributed by atoms with Crippen LogP contribution in [0.15, 0.2) is 42.7 Å². The molecule has 3 heteroatoms. The number of benzene rings is 1. The van der Waals surface area contributed by atoms with Gasteiger partial charge in [0.05, 0.1) is 6.20 Å². The highest BCUT2D eigenvalue weighted by molar-refractivity contribution is 5.14. The highest BCUT2D eigenvalue weighted by Crippen LogP contribution is 2.02. The Hall–Kier alpha value is -1.64. The molecule has 0 saturated carbocycles. The molecular weight excluding hydrogens is 174 g/mol. The summed E-state index contributed by atoms with van der Waals surface area (Å²) in [6.07, 6.45) is 5.81. The second-order valence-electron chi connectivity index (χ2n) is 3.26. The van der Waals surface area contributed by atoms with Crippen LogP contribution in [0.4, 0.5) is 0 Å². The molecule has 0 saturated heterocycles. The van der Waals surface area contributed by atoms with Crippen LogP contribution in [0.5, 0.6) is 0 Å². The summed E-state index contributed by atoms with van der Waals surface area (Å²) in [6, 6.07) is 10.5. The fourth-order valence-electron chi connectivity index (χ4n) is 1.44. The highest BCUT2D eigenvalue weighted by atomic mass is 15.4. The third-order valence-electron chi connectivity index (χ3n) is 2.17. The van der Waals surface area contributed by atoms with Crippen molar-refractivity contribution < 1.29 is 0 Å². The van der Waals surface area contributed by atoms with Crippen molar-refractivity contribution in [1.82, 2.24) is 15.0 Å². The number of nitrogens with zero attached hydrogens (tertiary/aromatic N) is 3. The molecule has 0 aliphatic rings. The number of aromatic nitrogens is 3. The Kier molecular flexibility index (Phi) is 2.91. The monoisotopic (exact) mass is 187 g/mol. The molecule has 72 valence electrons. The summed E-state index contributed by atoms with van der Waals surface area (Å²) in [5, 5.41) is 7.67. The predicted molar refractivity (Wildman–Crippen MR) is 54.8 cm³/mol. The second kappa shape index (κ2) is 4.56. The SMILES string of the molecule is c1ccc(CCCn2ccnn2)cc1. The first kappa shape index (κ1) is 8.94. The lowest BCUT2D eigenvalue weighted by atomic mass is 10.1. The molecule has 2 aromatic rings. The Morgan fingerprint density at radius 2 is 2.00 bits per heavy atom. The van der Waals surface area contributed by atoms with Gasteiger partial charge in [0.15, 0.2) is 0 Å². The molecule has 0 fully saturated rings. The molecule has 0 unspecified atom stereocenters. The van der Waals surface area contributed by atoms with Gasteiger partial charge in [0, 0.05) is 12.7 Å². The van der Waals surface area contributed by atoms with E-state index in [0.29, 0.717) is 0 Å². The molecule has 0 radical (unpaired) electrons. The molecule has 1 aromatic carbocycles. The Morgan fingerprint density at radius 1 is 1.14 bits per heavy atom. The number of rotatable bonds is 4. The van der Waals surface area contributed by atoms with E-state index in [9.17, 15) is 0 Å². The molecule has 2 rings (SSSR count). The van der Waals surface area contributed by atoms with E-state index in [2.05, 4.69) is 34.6 Å². The number of hydrogen-bond acceptors (Lipinski definition) is 2. The molecular formula is C11H13N3. The van der Waals surface area contributed by atoms with Crippen molar-refractivity contribution in [2.75, 3.05) is 0 Å². The van der Waals surface area contributed by atoms with E-state index in [0.717, 1.165) is 19.4 Å². The van der Waals surface area contributed by atoms with Crippen molar-refractivity contribution in [3.63, 3.8) is 0 Å². The minimum Gasteiger partial charge on any atom is -0.253 e. The van der Waals surface area contributed by atoms with E-state index in [1.165, 1.54) is 5.56 Å². The minimum atomic E-state index is 0.939. The standard InChI is InChI=1S/C11H13N3/c1-2-5-11(6-3-1)7-4-9-14-10-8-12-13-14/h1-3,5-6,8,10H,4,7,9H2. The maximum atomic E-state index is 3.91. The Labute approximate surface area is 83.4 Å². The van der Waals surface area contributed by atoms with Crippen molar-refractivity contribution in [2.45, 2.75) is 19.4 Å². The summed E-state index contributed by atoms with van der Waals surface area (Å²) in [7, 11) is 0. The van der Waals surface area contributed by atoms with Gasteiger partial charge in [-0.1, -0.05) is 35.5 Å². The maximum absolute atomic E-state index is 3.91. The quantitative estimate of drug-likeness (QED) is 0.732. The molecule has 0 atom stereocenters. The van der Waals surface area contributed by atoms with Crippen LogP contribution in [0.3, 0.4) is 0 Å². The van der Waals surface area contributed by atoms with Gasteiger partial charge in [-0.15, -0.1) is 5.10 Å². The first-order valence-electron chi connectivity index (χ1n) is 4.83. The summed E-state index contributed by atoms with van der Waals surface area (Å²) >= 11 is 0. The summed E-state index contributed by atoms with van der Waals surface area (Å²) in [5.74, 6) is 0. The molecule has 0 amide bonds. The van der Waals surface area contributed by atoms with Crippen molar-refractivity contribution in [1.29, 1.82) is 0 Å². The van der Waals surface area contributed by atoms with Gasteiger partial charge in [0.2, 0.25) is 0 Å². The zero-order chi connectivity index (χ0) is 9.64. The van der Waals surface area contributed by atoms with Gasteiger partial charge in [0.25, 0.3) is 0 Å². The van der Waals surface area contributed by atoms with E-state index in [-0.39, 0.29) is 0 Å². The largest absolute Gasteiger partial charge is 0.253 e. The van der Waals surface area contributed by atoms with Crippen LogP contribution in [-0.4, -0.2) is 15.0 Å². The molecule has 0 bridgehead atoms. The molecule has 14 heavy (non-hydrogen) atoms. The summed E-state index contributed by atoms with van der Waals surface area (Å²) in [6.45, 7) is 0.939. The smallest absolute Gasteiger partial charge is 0.0692 e. The van der Waals surface area contributed by atoms with Gasteiger partial charge in [0.1, 0.15) is 0 Å². The van der Waals surface area contributed by atoms with Gasteiger partial charge < -0.3 is 0 Å². The summed E-state index contributed by atoms with van der Waals surface area (Å²) in [4.78, 5) is 0. The molecule has 0 aliphatic carbocycles. The van der Waals surface area contributed by atoms with E-state index < -0.39 is 0 Å². The second-order valence-corrected chi connectivity index (χ2v) is 3.26. The lowest BCUT2D eigenvalue weighted by Crippen LogP contribution is -2.00. The first-order chi connectivity index (χ1) is 6.95. The van der Waals surface area contributed by atoms with Gasteiger partial charge in [-0.2, -0.15) is 0 Å². The van der Waals surface area contributed by atoms with Gasteiger partial charge in [-0.3, -0.25) is 4.68 Å². The molecule has 1 heterocycles. The van der Waals surface area contributed by atoms with Crippen LogP contribution < -0.4 is 0 Å². The van der Waals surface area contributed by atoms with Crippen LogP contribution in [0.2, 0.25) is 0 Å².